The van der Waals surface area contributed by atoms with E-state index in [1.807, 2.05) is 22.5 Å². The molecule has 27 heavy (non-hydrogen) atoms. The Kier molecular flexibility index (Phi) is 4.58. The molecule has 0 spiro atoms. The predicted octanol–water partition coefficient (Wildman–Crippen LogP) is 2.73. The van der Waals surface area contributed by atoms with Crippen molar-refractivity contribution in [1.82, 2.24) is 10.0 Å². The number of ether oxygens (including phenoxy) is 1. The van der Waals surface area contributed by atoms with E-state index in [0.717, 1.165) is 22.6 Å². The van der Waals surface area contributed by atoms with E-state index in [2.05, 4.69) is 24.9 Å². The van der Waals surface area contributed by atoms with E-state index in [0.29, 0.717) is 44.1 Å². The van der Waals surface area contributed by atoms with Crippen LogP contribution in [0.2, 0.25) is 0 Å². The van der Waals surface area contributed by atoms with Crippen LogP contribution in [0.15, 0.2) is 40.2 Å². The van der Waals surface area contributed by atoms with E-state index in [4.69, 9.17) is 10.5 Å². The van der Waals surface area contributed by atoms with Crippen LogP contribution in [0.4, 0.5) is 0 Å². The van der Waals surface area contributed by atoms with Gasteiger partial charge in [0.1, 0.15) is 5.82 Å². The van der Waals surface area contributed by atoms with Gasteiger partial charge in [-0.2, -0.15) is 5.26 Å². The summed E-state index contributed by atoms with van der Waals surface area (Å²) >= 11 is 1.57. The highest BCUT2D eigenvalue weighted by Gasteiger charge is 2.46. The number of nitriles is 1. The first-order chi connectivity index (χ1) is 12.9. The lowest BCUT2D eigenvalue weighted by atomic mass is 9.70. The third-order valence-electron chi connectivity index (χ3n) is 5.45. The quantitative estimate of drug-likeness (QED) is 0.844. The normalized spacial score (nSPS) is 26.2. The van der Waals surface area contributed by atoms with Gasteiger partial charge in [0.05, 0.1) is 30.8 Å². The van der Waals surface area contributed by atoms with Crippen molar-refractivity contribution in [3.63, 3.8) is 0 Å². The molecule has 0 unspecified atom stereocenters. The molecule has 1 atom stereocenters. The Morgan fingerprint density at radius 1 is 1.33 bits per heavy atom. The summed E-state index contributed by atoms with van der Waals surface area (Å²) in [4.78, 5) is 14.2. The van der Waals surface area contributed by atoms with Crippen LogP contribution in [0.25, 0.3) is 0 Å². The van der Waals surface area contributed by atoms with Gasteiger partial charge >= 0.3 is 0 Å². The van der Waals surface area contributed by atoms with Gasteiger partial charge in [0, 0.05) is 35.7 Å². The molecule has 3 aliphatic rings. The van der Waals surface area contributed by atoms with Crippen LogP contribution in [0, 0.1) is 16.7 Å². The van der Waals surface area contributed by atoms with Crippen LogP contribution >= 0.6 is 11.3 Å². The fraction of sp³-hybridized carbons (Fsp3) is 0.500. The minimum absolute atomic E-state index is 0.123. The molecule has 1 aromatic rings. The van der Waals surface area contributed by atoms with Gasteiger partial charge in [-0.1, -0.05) is 19.9 Å². The Bertz CT molecular complexity index is 857. The number of morpholine rings is 1. The molecule has 0 aromatic carbocycles. The van der Waals surface area contributed by atoms with Crippen molar-refractivity contribution >= 4 is 17.1 Å². The van der Waals surface area contributed by atoms with E-state index in [-0.39, 0.29) is 17.1 Å². The summed E-state index contributed by atoms with van der Waals surface area (Å²) in [5, 5.41) is 16.0. The average molecular weight is 385 g/mol. The molecule has 1 saturated heterocycles. The molecule has 3 heterocycles. The maximum Gasteiger partial charge on any atom is 0.162 e. The molecule has 0 saturated carbocycles. The van der Waals surface area contributed by atoms with Gasteiger partial charge in [-0.05, 0) is 23.3 Å². The van der Waals surface area contributed by atoms with Crippen LogP contribution in [0.5, 0.6) is 0 Å². The molecule has 0 radical (unpaired) electrons. The summed E-state index contributed by atoms with van der Waals surface area (Å²) in [6.07, 6.45) is 1.25. The van der Waals surface area contributed by atoms with E-state index in [1.165, 1.54) is 0 Å². The van der Waals surface area contributed by atoms with Crippen LogP contribution in [0.1, 0.15) is 37.5 Å². The second-order valence-corrected chi connectivity index (χ2v) is 9.02. The van der Waals surface area contributed by atoms with Gasteiger partial charge in [0.25, 0.3) is 0 Å². The Balaban J connectivity index is 1.91. The van der Waals surface area contributed by atoms with E-state index in [9.17, 15) is 10.1 Å². The molecule has 1 aromatic heterocycles. The van der Waals surface area contributed by atoms with Crippen LogP contribution in [-0.4, -0.2) is 42.1 Å². The molecule has 4 rings (SSSR count). The van der Waals surface area contributed by atoms with Crippen molar-refractivity contribution in [2.24, 2.45) is 11.1 Å². The first-order valence-electron chi connectivity index (χ1n) is 9.25. The fourth-order valence-corrected chi connectivity index (χ4v) is 5.15. The second kappa shape index (κ2) is 6.79. The lowest BCUT2D eigenvalue weighted by Crippen LogP contribution is -2.53. The smallest absolute Gasteiger partial charge is 0.162 e. The van der Waals surface area contributed by atoms with Crippen molar-refractivity contribution in [1.29, 1.82) is 5.26 Å². The molecule has 2 N–H and O–H groups in total. The second-order valence-electron chi connectivity index (χ2n) is 8.04. The zero-order chi connectivity index (χ0) is 19.2. The highest BCUT2D eigenvalue weighted by Crippen LogP contribution is 2.50. The molecule has 142 valence electrons. The maximum atomic E-state index is 13.3. The molecule has 6 nitrogen and oxygen atoms in total. The number of carbonyl (C=O) groups is 1. The topological polar surface area (TPSA) is 82.6 Å². The minimum Gasteiger partial charge on any atom is -0.383 e. The van der Waals surface area contributed by atoms with Crippen molar-refractivity contribution in [2.45, 2.75) is 32.6 Å². The zero-order valence-electron chi connectivity index (χ0n) is 15.7. The molecule has 0 amide bonds. The molecule has 0 bridgehead atoms. The molecule has 1 fully saturated rings. The monoisotopic (exact) mass is 384 g/mol. The number of rotatable bonds is 2. The van der Waals surface area contributed by atoms with E-state index in [1.54, 1.807) is 11.3 Å². The number of allylic oxidation sites excluding steroid dienone is 3. The summed E-state index contributed by atoms with van der Waals surface area (Å²) in [6.45, 7) is 6.83. The molecule has 1 aliphatic carbocycles. The summed E-state index contributed by atoms with van der Waals surface area (Å²) in [5.74, 6) is 0.214. The van der Waals surface area contributed by atoms with E-state index < -0.39 is 0 Å². The fourth-order valence-electron chi connectivity index (χ4n) is 4.31. The number of nitrogens with zero attached hydrogens (tertiary/aromatic N) is 3. The zero-order valence-corrected chi connectivity index (χ0v) is 16.5. The first-order valence-corrected chi connectivity index (χ1v) is 10.1. The number of ketones is 1. The Hall–Kier alpha value is -2.14. The lowest BCUT2D eigenvalue weighted by molar-refractivity contribution is -0.119. The number of nitrogens with two attached hydrogens (primary N) is 1. The summed E-state index contributed by atoms with van der Waals surface area (Å²) in [7, 11) is 0. The van der Waals surface area contributed by atoms with Crippen molar-refractivity contribution < 1.29 is 9.53 Å². The first kappa shape index (κ1) is 18.2. The standard InChI is InChI=1S/C20H24N4O2S/c1-20(2)10-14-18(15(25)11-20)17(16-4-3-9-27-16)13(12-21)19(22)24(14)23-5-7-26-8-6-23/h3-4,9,17H,5-8,10-11,22H2,1-2H3/t17-/m1/s1. The molecular weight excluding hydrogens is 360 g/mol. The van der Waals surface area contributed by atoms with Gasteiger partial charge in [-0.15, -0.1) is 11.3 Å². The number of thiophene rings is 1. The Labute approximate surface area is 163 Å². The van der Waals surface area contributed by atoms with Gasteiger partial charge in [0.15, 0.2) is 5.78 Å². The van der Waals surface area contributed by atoms with Gasteiger partial charge in [-0.3, -0.25) is 9.80 Å². The van der Waals surface area contributed by atoms with Gasteiger partial charge in [0.2, 0.25) is 0 Å². The lowest BCUT2D eigenvalue weighted by Gasteiger charge is -2.48. The number of carbonyl (C=O) groups excluding carboxylic acids is 1. The number of hydrazine groups is 1. The third-order valence-corrected chi connectivity index (χ3v) is 6.39. The number of hydrogen-bond donors (Lipinski definition) is 1. The van der Waals surface area contributed by atoms with Crippen LogP contribution in [-0.2, 0) is 9.53 Å². The largest absolute Gasteiger partial charge is 0.383 e. The highest BCUT2D eigenvalue weighted by molar-refractivity contribution is 7.10. The van der Waals surface area contributed by atoms with Crippen molar-refractivity contribution in [3.8, 4) is 6.07 Å². The Morgan fingerprint density at radius 2 is 2.07 bits per heavy atom. The van der Waals surface area contributed by atoms with Gasteiger partial charge in [-0.25, -0.2) is 5.01 Å². The summed E-state index contributed by atoms with van der Waals surface area (Å²) in [5.41, 5.74) is 8.59. The van der Waals surface area contributed by atoms with Crippen LogP contribution in [0.3, 0.4) is 0 Å². The summed E-state index contributed by atoms with van der Waals surface area (Å²) in [6, 6.07) is 6.25. The van der Waals surface area contributed by atoms with Crippen molar-refractivity contribution in [3.05, 3.63) is 45.1 Å². The van der Waals surface area contributed by atoms with Crippen molar-refractivity contribution in [2.75, 3.05) is 26.3 Å². The summed E-state index contributed by atoms with van der Waals surface area (Å²) < 4.78 is 5.49. The molecule has 2 aliphatic heterocycles. The van der Waals surface area contributed by atoms with Gasteiger partial charge < -0.3 is 10.5 Å². The average Bonchev–Trinajstić information content (AvgIpc) is 3.14. The molecular formula is C20H24N4O2S. The van der Waals surface area contributed by atoms with E-state index >= 15 is 0 Å². The third kappa shape index (κ3) is 3.08. The number of Topliss-reactive ketones (excluding diaryl/α,β-unsaturated/α-hetero) is 1. The Morgan fingerprint density at radius 3 is 2.70 bits per heavy atom. The number of hydrogen-bond acceptors (Lipinski definition) is 7. The van der Waals surface area contributed by atoms with Crippen LogP contribution < -0.4 is 5.73 Å². The minimum atomic E-state index is -0.356. The highest BCUT2D eigenvalue weighted by atomic mass is 32.1. The SMILES string of the molecule is CC1(C)CC(=O)C2=C(C1)N(N1CCOCC1)C(N)=C(C#N)[C@@H]2c1cccs1. The maximum absolute atomic E-state index is 13.3. The molecule has 7 heteroatoms. The predicted molar refractivity (Wildman–Crippen MR) is 103 cm³/mol.